The summed E-state index contributed by atoms with van der Waals surface area (Å²) in [5.74, 6) is -0.866. The highest BCUT2D eigenvalue weighted by Gasteiger charge is 2.40. The van der Waals surface area contributed by atoms with Crippen molar-refractivity contribution in [3.05, 3.63) is 40.1 Å². The number of carbonyl (C=O) groups is 1. The van der Waals surface area contributed by atoms with Crippen LogP contribution in [0.3, 0.4) is 0 Å². The summed E-state index contributed by atoms with van der Waals surface area (Å²) in [7, 11) is 0. The molecule has 3 aromatic rings. The standard InChI is InChI=1S/C23H26ClFN6O3/c1-10-7-30(14-4-13(5-14)23(32)33)8-16-19(25)17(24)6-15(20(16)34-10)12(3)31-22-18(11(2)29-31)21(26)27-9-28-22/h6,9-10,12-14H,4-5,7-8H2,1-3H3,(H,32,33)(H2,26,27,28)/t10-,12?,13?,14?/m0/s1. The van der Waals surface area contributed by atoms with E-state index < -0.39 is 11.8 Å². The van der Waals surface area contributed by atoms with Gasteiger partial charge in [0.1, 0.15) is 29.8 Å². The van der Waals surface area contributed by atoms with Crippen LogP contribution < -0.4 is 10.5 Å². The number of rotatable bonds is 4. The second-order valence-electron chi connectivity index (χ2n) is 9.25. The number of ether oxygens (including phenoxy) is 1. The van der Waals surface area contributed by atoms with E-state index in [2.05, 4.69) is 20.0 Å². The van der Waals surface area contributed by atoms with Gasteiger partial charge < -0.3 is 15.6 Å². The zero-order valence-corrected chi connectivity index (χ0v) is 19.9. The van der Waals surface area contributed by atoms with Gasteiger partial charge in [-0.15, -0.1) is 0 Å². The van der Waals surface area contributed by atoms with Crippen LogP contribution in [0.15, 0.2) is 12.4 Å². The summed E-state index contributed by atoms with van der Waals surface area (Å²) in [6.45, 7) is 6.54. The van der Waals surface area contributed by atoms with E-state index in [1.165, 1.54) is 6.33 Å². The molecule has 3 N–H and O–H groups in total. The first kappa shape index (κ1) is 22.8. The molecule has 11 heteroatoms. The molecule has 1 aromatic carbocycles. The minimum Gasteiger partial charge on any atom is -0.489 e. The Kier molecular flexibility index (Phi) is 5.60. The Bertz CT molecular complexity index is 1290. The Labute approximate surface area is 200 Å². The number of aromatic nitrogens is 4. The van der Waals surface area contributed by atoms with Crippen LogP contribution in [0.4, 0.5) is 10.2 Å². The van der Waals surface area contributed by atoms with Crippen LogP contribution in [0.25, 0.3) is 11.0 Å². The Balaban J connectivity index is 1.56. The minimum atomic E-state index is -0.785. The second-order valence-corrected chi connectivity index (χ2v) is 9.66. The van der Waals surface area contributed by atoms with E-state index in [9.17, 15) is 9.90 Å². The predicted molar refractivity (Wildman–Crippen MR) is 124 cm³/mol. The summed E-state index contributed by atoms with van der Waals surface area (Å²) in [6, 6.07) is 1.27. The number of nitrogens with two attached hydrogens (primary N) is 1. The summed E-state index contributed by atoms with van der Waals surface area (Å²) in [5.41, 5.74) is 8.38. The number of carboxylic acid groups (broad SMARTS) is 1. The molecule has 1 aliphatic carbocycles. The van der Waals surface area contributed by atoms with Gasteiger partial charge in [-0.3, -0.25) is 9.69 Å². The van der Waals surface area contributed by atoms with Gasteiger partial charge in [0.05, 0.1) is 28.1 Å². The van der Waals surface area contributed by atoms with Crippen molar-refractivity contribution in [1.82, 2.24) is 24.6 Å². The van der Waals surface area contributed by atoms with Crippen molar-refractivity contribution in [2.75, 3.05) is 12.3 Å². The number of halogens is 2. The van der Waals surface area contributed by atoms with E-state index in [0.29, 0.717) is 58.8 Å². The number of nitrogens with zero attached hydrogens (tertiary/aromatic N) is 5. The third-order valence-electron chi connectivity index (χ3n) is 6.95. The van der Waals surface area contributed by atoms with Crippen LogP contribution in [0.1, 0.15) is 49.6 Å². The van der Waals surface area contributed by atoms with Gasteiger partial charge in [0.2, 0.25) is 0 Å². The minimum absolute atomic E-state index is 0.00181. The lowest BCUT2D eigenvalue weighted by atomic mass is 9.79. The molecule has 0 amide bonds. The van der Waals surface area contributed by atoms with Crippen molar-refractivity contribution in [2.24, 2.45) is 5.92 Å². The summed E-state index contributed by atoms with van der Waals surface area (Å²) < 4.78 is 23.3. The number of aliphatic carboxylic acids is 1. The van der Waals surface area contributed by atoms with Gasteiger partial charge in [-0.25, -0.2) is 19.0 Å². The Morgan fingerprint density at radius 1 is 1.38 bits per heavy atom. The summed E-state index contributed by atoms with van der Waals surface area (Å²) in [6.07, 6.45) is 2.25. The zero-order valence-electron chi connectivity index (χ0n) is 19.1. The highest BCUT2D eigenvalue weighted by Crippen LogP contribution is 2.42. The third kappa shape index (κ3) is 3.65. The number of carboxylic acids is 1. The number of anilines is 1. The average molecular weight is 489 g/mol. The number of nitrogen functional groups attached to an aromatic ring is 1. The molecule has 0 saturated heterocycles. The van der Waals surface area contributed by atoms with Gasteiger partial charge in [0.25, 0.3) is 0 Å². The first-order valence-corrected chi connectivity index (χ1v) is 11.6. The molecule has 9 nitrogen and oxygen atoms in total. The van der Waals surface area contributed by atoms with E-state index in [1.807, 2.05) is 20.8 Å². The maximum absolute atomic E-state index is 15.3. The van der Waals surface area contributed by atoms with Gasteiger partial charge in [-0.1, -0.05) is 11.6 Å². The van der Waals surface area contributed by atoms with Crippen molar-refractivity contribution in [3.63, 3.8) is 0 Å². The quantitative estimate of drug-likeness (QED) is 0.572. The van der Waals surface area contributed by atoms with E-state index >= 15 is 4.39 Å². The first-order chi connectivity index (χ1) is 16.2. The first-order valence-electron chi connectivity index (χ1n) is 11.2. The van der Waals surface area contributed by atoms with Crippen molar-refractivity contribution in [2.45, 2.75) is 58.3 Å². The molecule has 0 spiro atoms. The fraction of sp³-hybridized carbons (Fsp3) is 0.478. The molecule has 1 fully saturated rings. The van der Waals surface area contributed by atoms with Crippen LogP contribution in [-0.2, 0) is 11.3 Å². The van der Waals surface area contributed by atoms with E-state index in [-0.39, 0.29) is 35.7 Å². The SMILES string of the molecule is Cc1nn(C(C)c2cc(Cl)c(F)c3c2O[C@@H](C)CN(C2CC(C(=O)O)C2)C3)c2ncnc(N)c12. The molecule has 180 valence electrons. The second kappa shape index (κ2) is 8.35. The predicted octanol–water partition coefficient (Wildman–Crippen LogP) is 3.56. The summed E-state index contributed by atoms with van der Waals surface area (Å²) >= 11 is 6.36. The van der Waals surface area contributed by atoms with Crippen molar-refractivity contribution >= 4 is 34.4 Å². The molecule has 2 aromatic heterocycles. The van der Waals surface area contributed by atoms with E-state index in [4.69, 9.17) is 22.1 Å². The molecule has 1 unspecified atom stereocenters. The van der Waals surface area contributed by atoms with Crippen LogP contribution in [0, 0.1) is 18.7 Å². The van der Waals surface area contributed by atoms with Crippen LogP contribution in [0.2, 0.25) is 5.02 Å². The van der Waals surface area contributed by atoms with Crippen LogP contribution in [-0.4, -0.2) is 54.4 Å². The average Bonchev–Trinajstić information content (AvgIpc) is 2.98. The van der Waals surface area contributed by atoms with E-state index in [0.717, 1.165) is 0 Å². The maximum atomic E-state index is 15.3. The fourth-order valence-electron chi connectivity index (χ4n) is 5.05. The summed E-state index contributed by atoms with van der Waals surface area (Å²) in [4.78, 5) is 21.8. The van der Waals surface area contributed by atoms with Crippen molar-refractivity contribution in [3.8, 4) is 5.75 Å². The zero-order chi connectivity index (χ0) is 24.3. The fourth-order valence-corrected chi connectivity index (χ4v) is 5.28. The number of hydrogen-bond acceptors (Lipinski definition) is 7. The molecular formula is C23H26ClFN6O3. The Morgan fingerprint density at radius 3 is 2.82 bits per heavy atom. The largest absolute Gasteiger partial charge is 0.489 e. The molecule has 0 radical (unpaired) electrons. The number of aryl methyl sites for hydroxylation is 1. The molecule has 2 atom stereocenters. The Hall–Kier alpha value is -2.98. The maximum Gasteiger partial charge on any atom is 0.306 e. The molecule has 2 aliphatic rings. The number of fused-ring (bicyclic) bond motifs is 2. The molecule has 5 rings (SSSR count). The van der Waals surface area contributed by atoms with Crippen LogP contribution >= 0.6 is 11.6 Å². The molecule has 34 heavy (non-hydrogen) atoms. The Morgan fingerprint density at radius 2 is 2.12 bits per heavy atom. The van der Waals surface area contributed by atoms with Gasteiger partial charge in [0, 0.05) is 30.3 Å². The third-order valence-corrected chi connectivity index (χ3v) is 7.23. The van der Waals surface area contributed by atoms with E-state index in [1.54, 1.807) is 10.7 Å². The van der Waals surface area contributed by atoms with Gasteiger partial charge in [-0.2, -0.15) is 5.10 Å². The molecule has 1 saturated carbocycles. The monoisotopic (exact) mass is 488 g/mol. The lowest BCUT2D eigenvalue weighted by Gasteiger charge is -2.41. The normalized spacial score (nSPS) is 23.6. The topological polar surface area (TPSA) is 119 Å². The lowest BCUT2D eigenvalue weighted by Crippen LogP contribution is -2.48. The smallest absolute Gasteiger partial charge is 0.306 e. The van der Waals surface area contributed by atoms with Crippen molar-refractivity contribution in [1.29, 1.82) is 0 Å². The summed E-state index contributed by atoms with van der Waals surface area (Å²) in [5, 5.41) is 14.6. The number of hydrogen-bond donors (Lipinski definition) is 2. The lowest BCUT2D eigenvalue weighted by molar-refractivity contribution is -0.147. The molecule has 3 heterocycles. The highest BCUT2D eigenvalue weighted by atomic mass is 35.5. The molecular weight excluding hydrogens is 463 g/mol. The van der Waals surface area contributed by atoms with Crippen LogP contribution in [0.5, 0.6) is 5.75 Å². The van der Waals surface area contributed by atoms with Gasteiger partial charge >= 0.3 is 5.97 Å². The molecule has 0 bridgehead atoms. The van der Waals surface area contributed by atoms with Gasteiger partial charge in [0.15, 0.2) is 5.65 Å². The number of benzene rings is 1. The van der Waals surface area contributed by atoms with Gasteiger partial charge in [-0.05, 0) is 39.7 Å². The molecule has 1 aliphatic heterocycles. The highest BCUT2D eigenvalue weighted by molar-refractivity contribution is 6.31. The van der Waals surface area contributed by atoms with Crippen molar-refractivity contribution < 1.29 is 19.0 Å².